The van der Waals surface area contributed by atoms with Crippen molar-refractivity contribution in [2.24, 2.45) is 0 Å². The Morgan fingerprint density at radius 3 is 2.41 bits per heavy atom. The minimum atomic E-state index is -2.54. The lowest BCUT2D eigenvalue weighted by atomic mass is 10.1. The molecule has 0 aromatic heterocycles. The first-order valence-electron chi connectivity index (χ1n) is 8.62. The van der Waals surface area contributed by atoms with Gasteiger partial charge in [0, 0.05) is 12.8 Å². The van der Waals surface area contributed by atoms with E-state index in [2.05, 4.69) is 6.92 Å². The van der Waals surface area contributed by atoms with Gasteiger partial charge in [0.15, 0.2) is 0 Å². The molecule has 0 N–H and O–H groups in total. The van der Waals surface area contributed by atoms with Crippen molar-refractivity contribution in [3.05, 3.63) is 0 Å². The highest BCUT2D eigenvalue weighted by Gasteiger charge is 2.25. The predicted molar refractivity (Wildman–Crippen MR) is 90.7 cm³/mol. The number of thioether (sulfide) groups is 1. The molecule has 22 heavy (non-hydrogen) atoms. The van der Waals surface area contributed by atoms with Crippen molar-refractivity contribution < 1.29 is 18.3 Å². The molecule has 1 unspecified atom stereocenters. The van der Waals surface area contributed by atoms with E-state index in [1.54, 1.807) is 11.8 Å². The van der Waals surface area contributed by atoms with E-state index in [4.69, 9.17) is 4.74 Å². The Morgan fingerprint density at radius 2 is 1.82 bits per heavy atom. The summed E-state index contributed by atoms with van der Waals surface area (Å²) in [5, 5.41) is -0.134. The van der Waals surface area contributed by atoms with Crippen LogP contribution in [0.15, 0.2) is 0 Å². The van der Waals surface area contributed by atoms with E-state index in [0.29, 0.717) is 13.0 Å². The molecule has 1 atom stereocenters. The van der Waals surface area contributed by atoms with Crippen LogP contribution in [0.4, 0.5) is 8.78 Å². The number of hydrogen-bond donors (Lipinski definition) is 0. The topological polar surface area (TPSA) is 26.3 Å². The quantitative estimate of drug-likeness (QED) is 0.294. The van der Waals surface area contributed by atoms with Gasteiger partial charge in [0.1, 0.15) is 5.25 Å². The van der Waals surface area contributed by atoms with Crippen molar-refractivity contribution in [2.75, 3.05) is 12.4 Å². The third-order valence-corrected chi connectivity index (χ3v) is 4.91. The van der Waals surface area contributed by atoms with Gasteiger partial charge in [0.2, 0.25) is 5.92 Å². The van der Waals surface area contributed by atoms with E-state index in [1.165, 1.54) is 6.92 Å². The number of carbonyl (C=O) groups is 1. The summed E-state index contributed by atoms with van der Waals surface area (Å²) in [5.41, 5.74) is 0. The maximum absolute atomic E-state index is 13.1. The Morgan fingerprint density at radius 1 is 1.09 bits per heavy atom. The highest BCUT2D eigenvalue weighted by molar-refractivity contribution is 8.00. The highest BCUT2D eigenvalue weighted by Crippen LogP contribution is 2.26. The average Bonchev–Trinajstić information content (AvgIpc) is 2.50. The summed E-state index contributed by atoms with van der Waals surface area (Å²) in [6, 6.07) is 0. The van der Waals surface area contributed by atoms with E-state index >= 15 is 0 Å². The van der Waals surface area contributed by atoms with Crippen molar-refractivity contribution in [1.29, 1.82) is 0 Å². The predicted octanol–water partition coefficient (Wildman–Crippen LogP) is 5.84. The monoisotopic (exact) mass is 338 g/mol. The number of halogens is 2. The first-order chi connectivity index (χ1) is 10.5. The molecule has 0 bridgehead atoms. The molecule has 132 valence electrons. The Kier molecular flexibility index (Phi) is 13.0. The SMILES string of the molecule is CCCCCC(SCCCCC(F)(F)CC)C(=O)OCCC. The fraction of sp³-hybridized carbons (Fsp3) is 0.941. The zero-order chi connectivity index (χ0) is 16.8. The molecule has 0 saturated carbocycles. The van der Waals surface area contributed by atoms with E-state index in [0.717, 1.165) is 44.3 Å². The number of ether oxygens (including phenoxy) is 1. The molecule has 0 rings (SSSR count). The van der Waals surface area contributed by atoms with Crippen molar-refractivity contribution in [1.82, 2.24) is 0 Å². The van der Waals surface area contributed by atoms with Gasteiger partial charge in [-0.3, -0.25) is 4.79 Å². The number of hydrogen-bond acceptors (Lipinski definition) is 3. The average molecular weight is 339 g/mol. The van der Waals surface area contributed by atoms with Crippen LogP contribution in [-0.4, -0.2) is 29.5 Å². The van der Waals surface area contributed by atoms with E-state index in [9.17, 15) is 13.6 Å². The van der Waals surface area contributed by atoms with Crippen LogP contribution in [-0.2, 0) is 9.53 Å². The van der Waals surface area contributed by atoms with Crippen LogP contribution in [0.1, 0.15) is 78.6 Å². The number of unbranched alkanes of at least 4 members (excludes halogenated alkanes) is 3. The van der Waals surface area contributed by atoms with Gasteiger partial charge in [-0.1, -0.05) is 40.0 Å². The zero-order valence-corrected chi connectivity index (χ0v) is 15.2. The van der Waals surface area contributed by atoms with Crippen LogP contribution < -0.4 is 0 Å². The van der Waals surface area contributed by atoms with Crippen molar-refractivity contribution in [3.63, 3.8) is 0 Å². The van der Waals surface area contributed by atoms with Gasteiger partial charge in [0.25, 0.3) is 0 Å². The van der Waals surface area contributed by atoms with Crippen molar-refractivity contribution >= 4 is 17.7 Å². The molecule has 0 heterocycles. The van der Waals surface area contributed by atoms with Gasteiger partial charge in [0.05, 0.1) is 6.61 Å². The molecule has 0 aromatic carbocycles. The maximum Gasteiger partial charge on any atom is 0.319 e. The van der Waals surface area contributed by atoms with Gasteiger partial charge in [-0.25, -0.2) is 8.78 Å². The number of esters is 1. The normalized spacial score (nSPS) is 13.1. The maximum atomic E-state index is 13.1. The first-order valence-corrected chi connectivity index (χ1v) is 9.67. The lowest BCUT2D eigenvalue weighted by molar-refractivity contribution is -0.143. The van der Waals surface area contributed by atoms with Crippen molar-refractivity contribution in [3.8, 4) is 0 Å². The smallest absolute Gasteiger partial charge is 0.319 e. The van der Waals surface area contributed by atoms with Gasteiger partial charge in [-0.05, 0) is 31.4 Å². The Hall–Kier alpha value is -0.320. The molecular weight excluding hydrogens is 306 g/mol. The molecule has 0 fully saturated rings. The molecule has 0 aliphatic rings. The third kappa shape index (κ3) is 11.3. The second-order valence-electron chi connectivity index (χ2n) is 5.69. The van der Waals surface area contributed by atoms with Crippen molar-refractivity contribution in [2.45, 2.75) is 89.7 Å². The fourth-order valence-electron chi connectivity index (χ4n) is 2.03. The molecule has 0 amide bonds. The second-order valence-corrected chi connectivity index (χ2v) is 7.00. The van der Waals surface area contributed by atoms with Crippen LogP contribution >= 0.6 is 11.8 Å². The minimum absolute atomic E-state index is 0.0508. The molecule has 0 aliphatic carbocycles. The summed E-state index contributed by atoms with van der Waals surface area (Å²) in [7, 11) is 0. The van der Waals surface area contributed by atoms with E-state index < -0.39 is 5.92 Å². The summed E-state index contributed by atoms with van der Waals surface area (Å²) in [5.74, 6) is -1.93. The molecule has 2 nitrogen and oxygen atoms in total. The minimum Gasteiger partial charge on any atom is -0.465 e. The summed E-state index contributed by atoms with van der Waals surface area (Å²) in [4.78, 5) is 12.0. The Bertz CT molecular complexity index is 286. The molecule has 0 aromatic rings. The second kappa shape index (κ2) is 13.1. The number of rotatable bonds is 14. The first kappa shape index (κ1) is 21.7. The summed E-state index contributed by atoms with van der Waals surface area (Å²) < 4.78 is 31.5. The molecular formula is C17H32F2O2S. The van der Waals surface area contributed by atoms with Gasteiger partial charge < -0.3 is 4.74 Å². The number of carbonyl (C=O) groups excluding carboxylic acids is 1. The highest BCUT2D eigenvalue weighted by atomic mass is 32.2. The van der Waals surface area contributed by atoms with E-state index in [-0.39, 0.29) is 24.1 Å². The molecule has 0 aliphatic heterocycles. The van der Waals surface area contributed by atoms with Gasteiger partial charge in [-0.15, -0.1) is 11.8 Å². The number of alkyl halides is 2. The third-order valence-electron chi connectivity index (χ3n) is 3.55. The van der Waals surface area contributed by atoms with Crippen LogP contribution in [0.25, 0.3) is 0 Å². The Balaban J connectivity index is 4.03. The zero-order valence-electron chi connectivity index (χ0n) is 14.3. The molecule has 0 spiro atoms. The molecule has 0 radical (unpaired) electrons. The van der Waals surface area contributed by atoms with Crippen LogP contribution in [0.2, 0.25) is 0 Å². The lowest BCUT2D eigenvalue weighted by Crippen LogP contribution is -2.21. The largest absolute Gasteiger partial charge is 0.465 e. The van der Waals surface area contributed by atoms with Crippen LogP contribution in [0.5, 0.6) is 0 Å². The summed E-state index contributed by atoms with van der Waals surface area (Å²) in [6.45, 7) is 6.08. The standard InChI is InChI=1S/C17H32F2O2S/c1-4-7-8-11-15(16(20)21-13-5-2)22-14-10-9-12-17(18,19)6-3/h15H,4-14H2,1-3H3. The molecule has 0 saturated heterocycles. The Labute approximate surface area is 138 Å². The summed E-state index contributed by atoms with van der Waals surface area (Å²) >= 11 is 1.57. The fourth-order valence-corrected chi connectivity index (χ4v) is 3.23. The van der Waals surface area contributed by atoms with E-state index in [1.807, 2.05) is 6.92 Å². The van der Waals surface area contributed by atoms with Crippen LogP contribution in [0.3, 0.4) is 0 Å². The van der Waals surface area contributed by atoms with Gasteiger partial charge in [-0.2, -0.15) is 0 Å². The summed E-state index contributed by atoms with van der Waals surface area (Å²) in [6.07, 6.45) is 5.99. The van der Waals surface area contributed by atoms with Gasteiger partial charge >= 0.3 is 5.97 Å². The lowest BCUT2D eigenvalue weighted by Gasteiger charge is -2.16. The molecule has 5 heteroatoms. The van der Waals surface area contributed by atoms with Crippen LogP contribution in [0, 0.1) is 0 Å².